The fraction of sp³-hybridized carbons (Fsp3) is 0.481. The van der Waals surface area contributed by atoms with E-state index in [1.54, 1.807) is 24.3 Å². The number of hydrogen-bond acceptors (Lipinski definition) is 10. The van der Waals surface area contributed by atoms with Crippen LogP contribution < -0.4 is 15.5 Å². The van der Waals surface area contributed by atoms with Crippen molar-refractivity contribution < 1.29 is 28.8 Å². The number of imide groups is 2. The average Bonchev–Trinajstić information content (AvgIpc) is 3.84. The van der Waals surface area contributed by atoms with E-state index in [1.165, 1.54) is 11.3 Å². The number of H-pyrrole nitrogens is 1. The van der Waals surface area contributed by atoms with Crippen LogP contribution in [0.15, 0.2) is 48.5 Å². The molecule has 0 radical (unpaired) electrons. The van der Waals surface area contributed by atoms with Crippen molar-refractivity contribution in [1.82, 2.24) is 25.0 Å². The number of carbonyl (C=O) groups is 6. The summed E-state index contributed by atoms with van der Waals surface area (Å²) >= 11 is 0. The first kappa shape index (κ1) is 44.9. The molecule has 0 spiro atoms. The number of nitriles is 1. The molecule has 14 heteroatoms. The van der Waals surface area contributed by atoms with E-state index >= 15 is 0 Å². The van der Waals surface area contributed by atoms with Crippen LogP contribution in [0.2, 0.25) is 0 Å². The lowest BCUT2D eigenvalue weighted by molar-refractivity contribution is -0.136. The highest BCUT2D eigenvalue weighted by atomic mass is 16.2. The minimum atomic E-state index is -0.989. The molecule has 5 amide bonds. The van der Waals surface area contributed by atoms with Crippen LogP contribution in [0.5, 0.6) is 0 Å². The molecule has 5 heterocycles. The summed E-state index contributed by atoms with van der Waals surface area (Å²) in [5.74, 6) is -1.74. The standard InChI is InChI=1S/C52H60N8O6/c1-4-33-29-37-38(52(2,3)48-46(47(37)63)35-16-15-32(31-53)28-40(35)55-48)30-42(33)58-22-19-34(20-23-58)57-24-26-59(27-25-57)44(62)14-9-7-5-6-8-10-21-54-39-13-11-12-36-45(39)51(66)60(50(36)65)41-17-18-43(61)56-49(41)64/h11-13,15-16,28-30,34,41,54-55H,4-10,14,17-27H2,1-3H3,(H,56,61,64). The lowest BCUT2D eigenvalue weighted by Crippen LogP contribution is -2.54. The third kappa shape index (κ3) is 8.27. The lowest BCUT2D eigenvalue weighted by atomic mass is 9.70. The van der Waals surface area contributed by atoms with Crippen LogP contribution in [0.4, 0.5) is 11.4 Å². The van der Waals surface area contributed by atoms with Gasteiger partial charge in [0.25, 0.3) is 11.8 Å². The van der Waals surface area contributed by atoms with E-state index < -0.39 is 35.1 Å². The maximum atomic E-state index is 14.1. The van der Waals surface area contributed by atoms with Gasteiger partial charge in [-0.05, 0) is 86.1 Å². The number of aromatic nitrogens is 1. The van der Waals surface area contributed by atoms with Crippen molar-refractivity contribution in [1.29, 1.82) is 5.26 Å². The second-order valence-electron chi connectivity index (χ2n) is 19.2. The number of piperazine rings is 1. The van der Waals surface area contributed by atoms with Gasteiger partial charge in [-0.3, -0.25) is 43.9 Å². The van der Waals surface area contributed by atoms with Crippen LogP contribution in [0, 0.1) is 11.3 Å². The molecule has 1 aromatic heterocycles. The van der Waals surface area contributed by atoms with Crippen molar-refractivity contribution in [3.8, 4) is 6.07 Å². The predicted molar refractivity (Wildman–Crippen MR) is 252 cm³/mol. The number of rotatable bonds is 14. The number of nitrogens with zero attached hydrogens (tertiary/aromatic N) is 5. The number of hydrogen-bond donors (Lipinski definition) is 3. The van der Waals surface area contributed by atoms with Gasteiger partial charge in [0.2, 0.25) is 17.7 Å². The maximum absolute atomic E-state index is 14.1. The fourth-order valence-electron chi connectivity index (χ4n) is 11.1. The summed E-state index contributed by atoms with van der Waals surface area (Å²) in [4.78, 5) is 89.5. The Morgan fingerprint density at radius 2 is 1.58 bits per heavy atom. The molecule has 5 aliphatic rings. The molecule has 3 N–H and O–H groups in total. The zero-order chi connectivity index (χ0) is 46.3. The van der Waals surface area contributed by atoms with E-state index in [0.29, 0.717) is 30.3 Å². The molecule has 4 aliphatic heterocycles. The number of benzene rings is 3. The van der Waals surface area contributed by atoms with Gasteiger partial charge >= 0.3 is 0 Å². The van der Waals surface area contributed by atoms with Crippen molar-refractivity contribution >= 4 is 57.6 Å². The first-order valence-corrected chi connectivity index (χ1v) is 24.0. The van der Waals surface area contributed by atoms with Gasteiger partial charge in [-0.2, -0.15) is 5.26 Å². The predicted octanol–water partition coefficient (Wildman–Crippen LogP) is 6.83. The highest BCUT2D eigenvalue weighted by molar-refractivity contribution is 6.25. The van der Waals surface area contributed by atoms with E-state index in [0.717, 1.165) is 135 Å². The van der Waals surface area contributed by atoms with Gasteiger partial charge in [0.05, 0.1) is 28.3 Å². The maximum Gasteiger partial charge on any atom is 0.264 e. The largest absolute Gasteiger partial charge is 0.384 e. The molecular formula is C52H60N8O6. The number of unbranched alkanes of at least 4 members (excludes halogenated alkanes) is 5. The molecule has 9 rings (SSSR count). The summed E-state index contributed by atoms with van der Waals surface area (Å²) < 4.78 is 0. The van der Waals surface area contributed by atoms with Crippen LogP contribution in [0.3, 0.4) is 0 Å². The summed E-state index contributed by atoms with van der Waals surface area (Å²) in [6.07, 6.45) is 9.59. The molecule has 0 bridgehead atoms. The van der Waals surface area contributed by atoms with Gasteiger partial charge in [-0.15, -0.1) is 0 Å². The Kier molecular flexibility index (Phi) is 12.6. The van der Waals surface area contributed by atoms with Crippen molar-refractivity contribution in [2.45, 2.75) is 115 Å². The van der Waals surface area contributed by atoms with Crippen LogP contribution in [0.25, 0.3) is 10.9 Å². The minimum absolute atomic E-state index is 0.0461. The van der Waals surface area contributed by atoms with Crippen LogP contribution >= 0.6 is 0 Å². The van der Waals surface area contributed by atoms with Crippen molar-refractivity contribution in [2.75, 3.05) is 56.0 Å². The molecular weight excluding hydrogens is 833 g/mol. The molecule has 4 aromatic rings. The summed E-state index contributed by atoms with van der Waals surface area (Å²) in [5.41, 5.74) is 7.97. The number of piperidine rings is 2. The molecule has 1 unspecified atom stereocenters. The Hall–Kier alpha value is -6.33. The normalized spacial score (nSPS) is 19.8. The first-order valence-electron chi connectivity index (χ1n) is 24.0. The van der Waals surface area contributed by atoms with E-state index in [2.05, 4.69) is 64.4 Å². The quantitative estimate of drug-likeness (QED) is 0.0898. The summed E-state index contributed by atoms with van der Waals surface area (Å²) in [6.45, 7) is 12.4. The smallest absolute Gasteiger partial charge is 0.264 e. The summed E-state index contributed by atoms with van der Waals surface area (Å²) in [5, 5.41) is 15.9. The lowest BCUT2D eigenvalue weighted by Gasteiger charge is -2.44. The Morgan fingerprint density at radius 1 is 0.833 bits per heavy atom. The van der Waals surface area contributed by atoms with Gasteiger partial charge in [-0.25, -0.2) is 0 Å². The SMILES string of the molecule is CCc1cc2c(cc1N1CCC(N3CCN(C(=O)CCCCCCCCNc4cccc5c4C(=O)N(C4CCC(=O)NC4=O)C5=O)CC3)CC1)C(C)(C)c1[nH]c3cc(C#N)ccc3c1C2=O. The number of ketones is 1. The highest BCUT2D eigenvalue weighted by Crippen LogP contribution is 2.46. The number of nitrogens with one attached hydrogen (secondary N) is 3. The molecule has 0 saturated carbocycles. The molecule has 66 heavy (non-hydrogen) atoms. The van der Waals surface area contributed by atoms with Gasteiger partial charge in [0.15, 0.2) is 5.78 Å². The molecule has 3 aromatic carbocycles. The van der Waals surface area contributed by atoms with Crippen molar-refractivity contribution in [2.24, 2.45) is 0 Å². The fourth-order valence-corrected chi connectivity index (χ4v) is 11.1. The second kappa shape index (κ2) is 18.5. The summed E-state index contributed by atoms with van der Waals surface area (Å²) in [7, 11) is 0. The highest BCUT2D eigenvalue weighted by Gasteiger charge is 2.46. The topological polar surface area (TPSA) is 179 Å². The van der Waals surface area contributed by atoms with Gasteiger partial charge < -0.3 is 20.1 Å². The Labute approximate surface area is 386 Å². The van der Waals surface area contributed by atoms with Gasteiger partial charge in [-0.1, -0.05) is 58.6 Å². The number of aryl methyl sites for hydroxylation is 1. The molecule has 14 nitrogen and oxygen atoms in total. The Bertz CT molecular complexity index is 2660. The number of aromatic amines is 1. The van der Waals surface area contributed by atoms with Gasteiger partial charge in [0.1, 0.15) is 6.04 Å². The Morgan fingerprint density at radius 3 is 2.30 bits per heavy atom. The van der Waals surface area contributed by atoms with Crippen LogP contribution in [-0.2, 0) is 26.2 Å². The Balaban J connectivity index is 0.684. The molecule has 1 aliphatic carbocycles. The van der Waals surface area contributed by atoms with Crippen LogP contribution in [-0.4, -0.2) is 113 Å². The average molecular weight is 893 g/mol. The molecule has 3 fully saturated rings. The van der Waals surface area contributed by atoms with Gasteiger partial charge in [0, 0.05) is 104 Å². The van der Waals surface area contributed by atoms with E-state index in [4.69, 9.17) is 0 Å². The minimum Gasteiger partial charge on any atom is -0.384 e. The van der Waals surface area contributed by atoms with Crippen molar-refractivity contribution in [3.05, 3.63) is 93.2 Å². The van der Waals surface area contributed by atoms with E-state index in [1.807, 2.05) is 17.0 Å². The third-order valence-corrected chi connectivity index (χ3v) is 14.9. The molecule has 1 atom stereocenters. The first-order chi connectivity index (χ1) is 31.9. The zero-order valence-electron chi connectivity index (χ0n) is 38.4. The zero-order valence-corrected chi connectivity index (χ0v) is 38.4. The van der Waals surface area contributed by atoms with E-state index in [9.17, 15) is 34.0 Å². The van der Waals surface area contributed by atoms with Crippen molar-refractivity contribution in [3.63, 3.8) is 0 Å². The number of anilines is 2. The molecule has 3 saturated heterocycles. The third-order valence-electron chi connectivity index (χ3n) is 14.9. The van der Waals surface area contributed by atoms with E-state index in [-0.39, 0.29) is 35.7 Å². The second-order valence-corrected chi connectivity index (χ2v) is 19.2. The summed E-state index contributed by atoms with van der Waals surface area (Å²) in [6, 6.07) is 16.7. The number of fused-ring (bicyclic) bond motifs is 5. The molecule has 344 valence electrons. The monoisotopic (exact) mass is 892 g/mol. The number of carbonyl (C=O) groups excluding carboxylic acids is 6. The number of amides is 5. The van der Waals surface area contributed by atoms with Crippen LogP contribution in [0.1, 0.15) is 150 Å².